The van der Waals surface area contributed by atoms with E-state index in [4.69, 9.17) is 4.74 Å². The van der Waals surface area contributed by atoms with Gasteiger partial charge in [-0.05, 0) is 0 Å². The number of esters is 1. The Morgan fingerprint density at radius 1 is 1.50 bits per heavy atom. The molecule has 2 atom stereocenters. The van der Waals surface area contributed by atoms with Gasteiger partial charge in [0.2, 0.25) is 0 Å². The van der Waals surface area contributed by atoms with Crippen molar-refractivity contribution in [1.29, 1.82) is 0 Å². The number of hydrogen-bond acceptors (Lipinski definition) is 2. The Bertz CT molecular complexity index is 442. The van der Waals surface area contributed by atoms with Crippen LogP contribution in [0.5, 0.6) is 0 Å². The molecule has 5 heteroatoms. The molecule has 2 rings (SSSR count). The second-order valence-corrected chi connectivity index (χ2v) is 7.86. The molecule has 1 aliphatic carbocycles. The van der Waals surface area contributed by atoms with Crippen molar-refractivity contribution < 1.29 is 13.9 Å². The molecule has 0 radical (unpaired) electrons. The molecule has 0 spiro atoms. The number of carbonyl (C=O) groups is 1. The number of carbonyl (C=O) groups excluding carboxylic acids is 1. The van der Waals surface area contributed by atoms with Crippen LogP contribution in [0, 0.1) is 0 Å². The summed E-state index contributed by atoms with van der Waals surface area (Å²) in [5.41, 5.74) is -1.80. The van der Waals surface area contributed by atoms with E-state index >= 15 is 0 Å². The predicted molar refractivity (Wildman–Crippen MR) is 73.4 cm³/mol. The second kappa shape index (κ2) is 5.32. The summed E-state index contributed by atoms with van der Waals surface area (Å²) in [6, 6.07) is 9.77. The van der Waals surface area contributed by atoms with Crippen LogP contribution in [0.15, 0.2) is 30.3 Å². The van der Waals surface area contributed by atoms with Gasteiger partial charge in [-0.2, -0.15) is 0 Å². The van der Waals surface area contributed by atoms with E-state index in [1.54, 1.807) is 6.92 Å². The van der Waals surface area contributed by atoms with E-state index in [-0.39, 0.29) is 28.0 Å². The first kappa shape index (κ1) is 14.0. The minimum atomic E-state index is -1.80. The SMILES string of the molecule is CCOC(=O)[C@]1(F)C[C@]1(CBr)[Se]c1ccccc1. The normalized spacial score (nSPS) is 29.9. The monoisotopic (exact) mass is 380 g/mol. The maximum absolute atomic E-state index is 14.6. The Morgan fingerprint density at radius 3 is 2.72 bits per heavy atom. The van der Waals surface area contributed by atoms with Crippen LogP contribution in [0.3, 0.4) is 0 Å². The summed E-state index contributed by atoms with van der Waals surface area (Å²) in [5.74, 6) is -0.706. The fraction of sp³-hybridized carbons (Fsp3) is 0.462. The molecule has 1 aromatic carbocycles. The van der Waals surface area contributed by atoms with Crippen molar-refractivity contribution in [2.75, 3.05) is 11.9 Å². The Kier molecular flexibility index (Phi) is 4.15. The third kappa shape index (κ3) is 2.36. The Hall–Kier alpha value is -0.381. The van der Waals surface area contributed by atoms with Gasteiger partial charge in [0.15, 0.2) is 0 Å². The van der Waals surface area contributed by atoms with Crippen LogP contribution in [0.4, 0.5) is 4.39 Å². The molecular weight excluding hydrogens is 366 g/mol. The van der Waals surface area contributed by atoms with E-state index in [0.29, 0.717) is 5.33 Å². The van der Waals surface area contributed by atoms with Gasteiger partial charge in [0.25, 0.3) is 0 Å². The third-order valence-corrected chi connectivity index (χ3v) is 7.96. The van der Waals surface area contributed by atoms with E-state index < -0.39 is 16.0 Å². The zero-order valence-corrected chi connectivity index (χ0v) is 13.3. The van der Waals surface area contributed by atoms with Crippen molar-refractivity contribution in [3.63, 3.8) is 0 Å². The van der Waals surface area contributed by atoms with Crippen LogP contribution in [-0.2, 0) is 9.53 Å². The summed E-state index contributed by atoms with van der Waals surface area (Å²) < 4.78 is 20.0. The molecule has 0 saturated heterocycles. The Labute approximate surface area is 121 Å². The molecule has 0 amide bonds. The maximum atomic E-state index is 14.6. The number of hydrogen-bond donors (Lipinski definition) is 0. The third-order valence-electron chi connectivity index (χ3n) is 3.00. The van der Waals surface area contributed by atoms with Gasteiger partial charge in [0.05, 0.1) is 0 Å². The standard InChI is InChI=1S/C13H14BrFO2Se/c1-2-17-11(16)13(15)8-12(13,9-14)18-10-6-4-3-5-7-10/h3-7H,2,8-9H2,1H3/t12-,13-/m1/s1. The summed E-state index contributed by atoms with van der Waals surface area (Å²) in [7, 11) is 0. The van der Waals surface area contributed by atoms with E-state index in [1.165, 1.54) is 0 Å². The molecule has 98 valence electrons. The van der Waals surface area contributed by atoms with Gasteiger partial charge in [-0.1, -0.05) is 0 Å². The van der Waals surface area contributed by atoms with Gasteiger partial charge in [-0.3, -0.25) is 0 Å². The number of ether oxygens (including phenoxy) is 1. The molecule has 0 aromatic heterocycles. The van der Waals surface area contributed by atoms with Gasteiger partial charge < -0.3 is 0 Å². The molecule has 0 N–H and O–H groups in total. The Balaban J connectivity index is 2.13. The molecule has 18 heavy (non-hydrogen) atoms. The van der Waals surface area contributed by atoms with Crippen molar-refractivity contribution in [2.45, 2.75) is 23.3 Å². The molecule has 2 nitrogen and oxygen atoms in total. The summed E-state index contributed by atoms with van der Waals surface area (Å²) in [6.07, 6.45) is 0.263. The first-order chi connectivity index (χ1) is 8.58. The zero-order chi connectivity index (χ0) is 13.2. The van der Waals surface area contributed by atoms with Crippen LogP contribution in [0.1, 0.15) is 13.3 Å². The van der Waals surface area contributed by atoms with Crippen LogP contribution in [0.2, 0.25) is 4.31 Å². The summed E-state index contributed by atoms with van der Waals surface area (Å²) in [5, 5.41) is 0.490. The first-order valence-electron chi connectivity index (χ1n) is 5.74. The number of rotatable bonds is 5. The number of benzene rings is 1. The minimum absolute atomic E-state index is 0.0841. The summed E-state index contributed by atoms with van der Waals surface area (Å²) in [6.45, 7) is 1.92. The van der Waals surface area contributed by atoms with Crippen LogP contribution >= 0.6 is 15.9 Å². The van der Waals surface area contributed by atoms with Gasteiger partial charge in [-0.25, -0.2) is 0 Å². The number of alkyl halides is 2. The van der Waals surface area contributed by atoms with Crippen LogP contribution in [0.25, 0.3) is 0 Å². The molecule has 1 saturated carbocycles. The molecular formula is C13H14BrFO2Se. The summed E-state index contributed by atoms with van der Waals surface area (Å²) in [4.78, 5) is 11.7. The fourth-order valence-corrected chi connectivity index (χ4v) is 5.86. The average molecular weight is 380 g/mol. The molecule has 0 unspecified atom stereocenters. The second-order valence-electron chi connectivity index (χ2n) is 4.24. The van der Waals surface area contributed by atoms with Crippen molar-refractivity contribution in [3.05, 3.63) is 30.3 Å². The topological polar surface area (TPSA) is 26.3 Å². The van der Waals surface area contributed by atoms with Gasteiger partial charge in [0.1, 0.15) is 0 Å². The van der Waals surface area contributed by atoms with Crippen molar-refractivity contribution >= 4 is 41.3 Å². The first-order valence-corrected chi connectivity index (χ1v) is 8.57. The van der Waals surface area contributed by atoms with E-state index in [1.807, 2.05) is 30.3 Å². The molecule has 1 fully saturated rings. The van der Waals surface area contributed by atoms with Gasteiger partial charge >= 0.3 is 121 Å². The van der Waals surface area contributed by atoms with Crippen molar-refractivity contribution in [1.82, 2.24) is 0 Å². The summed E-state index contributed by atoms with van der Waals surface area (Å²) >= 11 is 3.27. The van der Waals surface area contributed by atoms with Crippen molar-refractivity contribution in [3.8, 4) is 0 Å². The van der Waals surface area contributed by atoms with E-state index in [9.17, 15) is 9.18 Å². The number of halogens is 2. The molecule has 1 aliphatic rings. The average Bonchev–Trinajstić information content (AvgIpc) is 2.98. The Morgan fingerprint density at radius 2 is 2.17 bits per heavy atom. The molecule has 0 heterocycles. The van der Waals surface area contributed by atoms with E-state index in [2.05, 4.69) is 15.9 Å². The van der Waals surface area contributed by atoms with Crippen LogP contribution in [-0.4, -0.2) is 38.5 Å². The predicted octanol–water partition coefficient (Wildman–Crippen LogP) is 2.24. The molecule has 1 aromatic rings. The molecule has 0 bridgehead atoms. The zero-order valence-electron chi connectivity index (χ0n) is 9.99. The van der Waals surface area contributed by atoms with Crippen molar-refractivity contribution in [2.24, 2.45) is 0 Å². The van der Waals surface area contributed by atoms with Gasteiger partial charge in [-0.15, -0.1) is 0 Å². The van der Waals surface area contributed by atoms with Crippen LogP contribution < -0.4 is 4.46 Å². The molecule has 0 aliphatic heterocycles. The van der Waals surface area contributed by atoms with E-state index in [0.717, 1.165) is 4.46 Å². The fourth-order valence-electron chi connectivity index (χ4n) is 1.86. The van der Waals surface area contributed by atoms with Gasteiger partial charge in [0, 0.05) is 0 Å². The quantitative estimate of drug-likeness (QED) is 0.445.